The first-order chi connectivity index (χ1) is 15.5. The van der Waals surface area contributed by atoms with Crippen LogP contribution < -0.4 is 11.1 Å². The van der Waals surface area contributed by atoms with Crippen LogP contribution in [0.2, 0.25) is 0 Å². The minimum atomic E-state index is -0.932. The third-order valence-electron chi connectivity index (χ3n) is 5.43. The summed E-state index contributed by atoms with van der Waals surface area (Å²) < 4.78 is 10.2. The fourth-order valence-electron chi connectivity index (χ4n) is 3.82. The summed E-state index contributed by atoms with van der Waals surface area (Å²) in [5, 5.41) is 2.58. The van der Waals surface area contributed by atoms with Gasteiger partial charge in [0.1, 0.15) is 13.2 Å². The summed E-state index contributed by atoms with van der Waals surface area (Å²) in [5.74, 6) is -1.75. The largest absolute Gasteiger partial charge is 0.459 e. The molecule has 0 saturated carbocycles. The van der Waals surface area contributed by atoms with Gasteiger partial charge in [-0.1, -0.05) is 61.2 Å². The lowest BCUT2D eigenvalue weighted by molar-refractivity contribution is -0.154. The number of ether oxygens (including phenoxy) is 2. The monoisotopic (exact) mass is 436 g/mol. The van der Waals surface area contributed by atoms with E-state index in [1.54, 1.807) is 0 Å². The maximum atomic E-state index is 12.3. The summed E-state index contributed by atoms with van der Waals surface area (Å²) in [6.45, 7) is 4.08. The van der Waals surface area contributed by atoms with Gasteiger partial charge >= 0.3 is 12.1 Å². The van der Waals surface area contributed by atoms with Crippen molar-refractivity contribution in [1.82, 2.24) is 5.32 Å². The van der Waals surface area contributed by atoms with Gasteiger partial charge in [0.05, 0.1) is 6.04 Å². The van der Waals surface area contributed by atoms with Gasteiger partial charge in [-0.25, -0.2) is 9.59 Å². The van der Waals surface area contributed by atoms with Crippen molar-refractivity contribution in [3.05, 3.63) is 72.3 Å². The number of benzene rings is 2. The molecule has 0 unspecified atom stereocenters. The molecule has 0 spiro atoms. The molecule has 7 heteroatoms. The first kappa shape index (κ1) is 23.2. The second-order valence-electron chi connectivity index (χ2n) is 7.61. The van der Waals surface area contributed by atoms with Crippen LogP contribution in [0, 0.1) is 0 Å². The van der Waals surface area contributed by atoms with Crippen LogP contribution in [-0.4, -0.2) is 43.6 Å². The van der Waals surface area contributed by atoms with Crippen molar-refractivity contribution in [2.75, 3.05) is 19.8 Å². The van der Waals surface area contributed by atoms with Crippen molar-refractivity contribution in [1.29, 1.82) is 0 Å². The molecule has 0 aromatic heterocycles. The number of nitrogens with one attached hydrogen (secondary N) is 1. The second kappa shape index (κ2) is 11.2. The predicted molar refractivity (Wildman–Crippen MR) is 121 cm³/mol. The van der Waals surface area contributed by atoms with E-state index in [0.717, 1.165) is 22.3 Å². The summed E-state index contributed by atoms with van der Waals surface area (Å²) >= 11 is 0. The Balaban J connectivity index is 1.44. The Morgan fingerprint density at radius 3 is 2.25 bits per heavy atom. The smallest absolute Gasteiger partial charge is 0.407 e. The molecule has 0 saturated heterocycles. The molecule has 2 aromatic carbocycles. The molecule has 7 nitrogen and oxygen atoms in total. The van der Waals surface area contributed by atoms with E-state index in [4.69, 9.17) is 15.2 Å². The van der Waals surface area contributed by atoms with Crippen molar-refractivity contribution in [2.24, 2.45) is 5.73 Å². The van der Waals surface area contributed by atoms with Gasteiger partial charge in [-0.05, 0) is 41.5 Å². The molecule has 3 rings (SSSR count). The van der Waals surface area contributed by atoms with Crippen molar-refractivity contribution in [3.8, 4) is 11.1 Å². The van der Waals surface area contributed by atoms with Gasteiger partial charge in [0.15, 0.2) is 0 Å². The minimum absolute atomic E-state index is 0.0854. The Morgan fingerprint density at radius 1 is 1.00 bits per heavy atom. The number of esters is 1. The molecule has 0 bridgehead atoms. The van der Waals surface area contributed by atoms with Gasteiger partial charge in [0, 0.05) is 12.5 Å². The van der Waals surface area contributed by atoms with Gasteiger partial charge in [0.25, 0.3) is 5.78 Å². The molecular formula is C25H28N2O5. The van der Waals surface area contributed by atoms with E-state index in [0.29, 0.717) is 25.8 Å². The third kappa shape index (κ3) is 5.62. The molecule has 1 aliphatic rings. The molecular weight excluding hydrogens is 408 g/mol. The zero-order chi connectivity index (χ0) is 22.9. The predicted octanol–water partition coefficient (Wildman–Crippen LogP) is 3.32. The molecule has 1 aliphatic carbocycles. The number of unbranched alkanes of at least 4 members (excludes halogenated alkanes) is 1. The molecule has 1 amide bonds. The van der Waals surface area contributed by atoms with Crippen LogP contribution in [0.1, 0.15) is 36.3 Å². The van der Waals surface area contributed by atoms with Gasteiger partial charge in [-0.15, -0.1) is 0 Å². The Morgan fingerprint density at radius 2 is 1.62 bits per heavy atom. The molecule has 2 aromatic rings. The summed E-state index contributed by atoms with van der Waals surface area (Å²) in [6, 6.07) is 15.1. The van der Waals surface area contributed by atoms with E-state index in [1.165, 1.54) is 6.08 Å². The number of fused-ring (bicyclic) bond motifs is 3. The molecule has 168 valence electrons. The average molecular weight is 437 g/mol. The van der Waals surface area contributed by atoms with Gasteiger partial charge < -0.3 is 20.5 Å². The van der Waals surface area contributed by atoms with Crippen LogP contribution >= 0.6 is 0 Å². The summed E-state index contributed by atoms with van der Waals surface area (Å²) in [6.07, 6.45) is 2.46. The van der Waals surface area contributed by atoms with Gasteiger partial charge in [-0.2, -0.15) is 0 Å². The molecule has 1 atom stereocenters. The van der Waals surface area contributed by atoms with Crippen LogP contribution in [0.25, 0.3) is 11.1 Å². The lowest BCUT2D eigenvalue weighted by Crippen LogP contribution is -2.37. The summed E-state index contributed by atoms with van der Waals surface area (Å²) in [4.78, 5) is 36.0. The van der Waals surface area contributed by atoms with Crippen molar-refractivity contribution < 1.29 is 23.9 Å². The molecule has 0 fully saturated rings. The highest BCUT2D eigenvalue weighted by molar-refractivity contribution is 6.35. The number of amides is 1. The van der Waals surface area contributed by atoms with E-state index in [2.05, 4.69) is 11.9 Å². The normalized spacial score (nSPS) is 12.9. The maximum Gasteiger partial charge on any atom is 0.407 e. The average Bonchev–Trinajstić information content (AvgIpc) is 3.14. The van der Waals surface area contributed by atoms with Crippen LogP contribution in [0.5, 0.6) is 0 Å². The molecule has 3 N–H and O–H groups in total. The van der Waals surface area contributed by atoms with Crippen molar-refractivity contribution >= 4 is 17.8 Å². The Labute approximate surface area is 187 Å². The van der Waals surface area contributed by atoms with Gasteiger partial charge in [-0.3, -0.25) is 4.79 Å². The van der Waals surface area contributed by atoms with Crippen LogP contribution in [0.4, 0.5) is 4.79 Å². The number of Topliss-reactive ketones (excluding diaryl/α,β-unsaturated/α-hetero) is 1. The maximum absolute atomic E-state index is 12.3. The number of rotatable bonds is 11. The minimum Gasteiger partial charge on any atom is -0.459 e. The topological polar surface area (TPSA) is 108 Å². The SMILES string of the molecule is C=CCOC(=O)NCCCC[C@H](N)C(=O)C(=O)OCC1c2ccccc2-c2ccccc21. The Hall–Kier alpha value is -3.45. The van der Waals surface area contributed by atoms with E-state index in [9.17, 15) is 14.4 Å². The molecule has 32 heavy (non-hydrogen) atoms. The van der Waals surface area contributed by atoms with Crippen molar-refractivity contribution in [3.63, 3.8) is 0 Å². The number of hydrogen-bond donors (Lipinski definition) is 2. The fourth-order valence-corrected chi connectivity index (χ4v) is 3.82. The van der Waals surface area contributed by atoms with Crippen molar-refractivity contribution in [2.45, 2.75) is 31.2 Å². The van der Waals surface area contributed by atoms with E-state index >= 15 is 0 Å². The third-order valence-corrected chi connectivity index (χ3v) is 5.43. The standard InChI is InChI=1S/C25H28N2O5/c1-2-15-31-25(30)27-14-8-7-13-22(26)23(28)24(29)32-16-21-19-11-5-3-9-17(19)18-10-4-6-12-20(18)21/h2-6,9-12,21-22H,1,7-8,13-16,26H2,(H,27,30)/t22-/m0/s1. The first-order valence-electron chi connectivity index (χ1n) is 10.7. The Kier molecular flexibility index (Phi) is 8.16. The number of hydrogen-bond acceptors (Lipinski definition) is 6. The number of carbonyl (C=O) groups is 3. The zero-order valence-corrected chi connectivity index (χ0v) is 17.9. The highest BCUT2D eigenvalue weighted by atomic mass is 16.5. The summed E-state index contributed by atoms with van der Waals surface area (Å²) in [7, 11) is 0. The van der Waals surface area contributed by atoms with Gasteiger partial charge in [0.2, 0.25) is 0 Å². The second-order valence-corrected chi connectivity index (χ2v) is 7.61. The highest BCUT2D eigenvalue weighted by Crippen LogP contribution is 2.44. The number of carbonyl (C=O) groups excluding carboxylic acids is 3. The van der Waals surface area contributed by atoms with Crippen LogP contribution in [0.15, 0.2) is 61.2 Å². The lowest BCUT2D eigenvalue weighted by atomic mass is 9.98. The van der Waals surface area contributed by atoms with E-state index < -0.39 is 23.9 Å². The first-order valence-corrected chi connectivity index (χ1v) is 10.7. The van der Waals surface area contributed by atoms with E-state index in [-0.39, 0.29) is 19.1 Å². The van der Waals surface area contributed by atoms with E-state index in [1.807, 2.05) is 48.5 Å². The molecule has 0 radical (unpaired) electrons. The molecule has 0 heterocycles. The highest BCUT2D eigenvalue weighted by Gasteiger charge is 2.30. The Bertz CT molecular complexity index is 942. The molecule has 0 aliphatic heterocycles. The van der Waals surface area contributed by atoms with Crippen LogP contribution in [0.3, 0.4) is 0 Å². The number of nitrogens with two attached hydrogens (primary N) is 1. The van der Waals surface area contributed by atoms with Crippen LogP contribution in [-0.2, 0) is 19.1 Å². The number of alkyl carbamates (subject to hydrolysis) is 1. The summed E-state index contributed by atoms with van der Waals surface area (Å²) in [5.41, 5.74) is 10.3. The fraction of sp³-hybridized carbons (Fsp3) is 0.320. The number of ketones is 1. The lowest BCUT2D eigenvalue weighted by Gasteiger charge is -2.15. The zero-order valence-electron chi connectivity index (χ0n) is 17.9. The quantitative estimate of drug-likeness (QED) is 0.242.